The number of nitrogens with one attached hydrogen (secondary N) is 2. The number of carbonyl (C=O) groups is 2. The number of amides is 2. The maximum atomic E-state index is 11.5. The molecule has 0 aliphatic carbocycles. The quantitative estimate of drug-likeness (QED) is 0.614. The van der Waals surface area contributed by atoms with Crippen molar-refractivity contribution in [2.24, 2.45) is 0 Å². The molecular formula is C13H16N2O2. The highest BCUT2D eigenvalue weighted by atomic mass is 16.2. The zero-order valence-corrected chi connectivity index (χ0v) is 10.0. The molecule has 2 amide bonds. The Hall–Kier alpha value is -2.10. The van der Waals surface area contributed by atoms with Gasteiger partial charge in [-0.05, 0) is 26.0 Å². The molecule has 0 bridgehead atoms. The Labute approximate surface area is 101 Å². The van der Waals surface area contributed by atoms with Gasteiger partial charge in [-0.25, -0.2) is 0 Å². The predicted octanol–water partition coefficient (Wildman–Crippen LogP) is 1.63. The second kappa shape index (κ2) is 5.84. The van der Waals surface area contributed by atoms with Gasteiger partial charge < -0.3 is 10.6 Å². The van der Waals surface area contributed by atoms with Gasteiger partial charge in [-0.1, -0.05) is 29.8 Å². The van der Waals surface area contributed by atoms with E-state index < -0.39 is 11.8 Å². The van der Waals surface area contributed by atoms with Gasteiger partial charge in [0.15, 0.2) is 0 Å². The molecule has 0 aliphatic rings. The number of hydrogen-bond donors (Lipinski definition) is 2. The minimum atomic E-state index is -0.671. The summed E-state index contributed by atoms with van der Waals surface area (Å²) in [5.41, 5.74) is 2.49. The summed E-state index contributed by atoms with van der Waals surface area (Å²) in [5, 5.41) is 4.97. The van der Waals surface area contributed by atoms with Gasteiger partial charge in [0, 0.05) is 12.2 Å². The summed E-state index contributed by atoms with van der Waals surface area (Å²) < 4.78 is 0. The monoisotopic (exact) mass is 232 g/mol. The Bertz CT molecular complexity index is 435. The molecule has 4 heteroatoms. The van der Waals surface area contributed by atoms with E-state index in [0.717, 1.165) is 11.1 Å². The first-order chi connectivity index (χ1) is 7.99. The lowest BCUT2D eigenvalue weighted by atomic mass is 10.2. The second-order valence-electron chi connectivity index (χ2n) is 3.96. The highest BCUT2D eigenvalue weighted by Crippen LogP contribution is 2.08. The van der Waals surface area contributed by atoms with Crippen LogP contribution in [0.3, 0.4) is 0 Å². The average Bonchev–Trinajstić information content (AvgIpc) is 2.28. The zero-order valence-electron chi connectivity index (χ0n) is 10.0. The van der Waals surface area contributed by atoms with E-state index in [0.29, 0.717) is 12.2 Å². The Morgan fingerprint density at radius 2 is 1.76 bits per heavy atom. The van der Waals surface area contributed by atoms with Gasteiger partial charge in [0.1, 0.15) is 0 Å². The third-order valence-electron chi connectivity index (χ3n) is 2.07. The lowest BCUT2D eigenvalue weighted by Gasteiger charge is -2.06. The van der Waals surface area contributed by atoms with E-state index in [4.69, 9.17) is 0 Å². The first kappa shape index (κ1) is 13.0. The van der Waals surface area contributed by atoms with Crippen molar-refractivity contribution in [3.05, 3.63) is 42.0 Å². The third kappa shape index (κ3) is 4.51. The van der Waals surface area contributed by atoms with Crippen molar-refractivity contribution in [2.45, 2.75) is 13.8 Å². The molecule has 1 rings (SSSR count). The number of carbonyl (C=O) groups excluding carboxylic acids is 2. The molecule has 0 aliphatic heterocycles. The third-order valence-corrected chi connectivity index (χ3v) is 2.07. The van der Waals surface area contributed by atoms with Gasteiger partial charge in [0.2, 0.25) is 0 Å². The van der Waals surface area contributed by atoms with Crippen molar-refractivity contribution in [1.82, 2.24) is 5.32 Å². The number of rotatable bonds is 3. The van der Waals surface area contributed by atoms with Crippen LogP contribution in [0.15, 0.2) is 36.4 Å². The fraction of sp³-hybridized carbons (Fsp3) is 0.231. The number of benzene rings is 1. The normalized spacial score (nSPS) is 9.53. The predicted molar refractivity (Wildman–Crippen MR) is 67.6 cm³/mol. The molecule has 0 unspecified atom stereocenters. The van der Waals surface area contributed by atoms with Crippen LogP contribution in [0.4, 0.5) is 5.69 Å². The Morgan fingerprint density at radius 1 is 1.18 bits per heavy atom. The van der Waals surface area contributed by atoms with Gasteiger partial charge in [0.05, 0.1) is 0 Å². The van der Waals surface area contributed by atoms with E-state index in [1.54, 1.807) is 19.1 Å². The van der Waals surface area contributed by atoms with Crippen molar-refractivity contribution in [1.29, 1.82) is 0 Å². The standard InChI is InChI=1S/C13H16N2O2/c1-9(2)8-14-12(16)13(17)15-11-6-4-10(3)5-7-11/h4-7H,1,8H2,2-3H3,(H,14,16)(H,15,17). The van der Waals surface area contributed by atoms with E-state index in [9.17, 15) is 9.59 Å². The summed E-state index contributed by atoms with van der Waals surface area (Å²) in [4.78, 5) is 22.8. The topological polar surface area (TPSA) is 58.2 Å². The smallest absolute Gasteiger partial charge is 0.313 e. The first-order valence-electron chi connectivity index (χ1n) is 5.29. The summed E-state index contributed by atoms with van der Waals surface area (Å²) >= 11 is 0. The molecule has 0 radical (unpaired) electrons. The highest BCUT2D eigenvalue weighted by molar-refractivity contribution is 6.39. The van der Waals surface area contributed by atoms with E-state index in [1.807, 2.05) is 19.1 Å². The van der Waals surface area contributed by atoms with Crippen LogP contribution in [-0.2, 0) is 9.59 Å². The van der Waals surface area contributed by atoms with E-state index in [2.05, 4.69) is 17.2 Å². The molecule has 4 nitrogen and oxygen atoms in total. The van der Waals surface area contributed by atoms with Gasteiger partial charge in [-0.15, -0.1) is 0 Å². The minimum absolute atomic E-state index is 0.306. The van der Waals surface area contributed by atoms with Crippen LogP contribution in [0.1, 0.15) is 12.5 Å². The molecule has 90 valence electrons. The molecule has 0 heterocycles. The minimum Gasteiger partial charge on any atom is -0.344 e. The number of anilines is 1. The fourth-order valence-corrected chi connectivity index (χ4v) is 1.14. The first-order valence-corrected chi connectivity index (χ1v) is 5.29. The van der Waals surface area contributed by atoms with E-state index in [-0.39, 0.29) is 0 Å². The molecule has 0 atom stereocenters. The summed E-state index contributed by atoms with van der Waals surface area (Å²) in [7, 11) is 0. The summed E-state index contributed by atoms with van der Waals surface area (Å²) in [6, 6.07) is 7.22. The molecule has 0 fully saturated rings. The van der Waals surface area contributed by atoms with E-state index >= 15 is 0 Å². The second-order valence-corrected chi connectivity index (χ2v) is 3.96. The molecule has 1 aromatic rings. The van der Waals surface area contributed by atoms with Crippen LogP contribution >= 0.6 is 0 Å². The lowest BCUT2D eigenvalue weighted by molar-refractivity contribution is -0.136. The maximum Gasteiger partial charge on any atom is 0.313 e. The van der Waals surface area contributed by atoms with Crippen molar-refractivity contribution >= 4 is 17.5 Å². The van der Waals surface area contributed by atoms with Crippen LogP contribution in [0, 0.1) is 6.92 Å². The Kier molecular flexibility index (Phi) is 4.46. The van der Waals surface area contributed by atoms with Crippen molar-refractivity contribution in [2.75, 3.05) is 11.9 Å². The van der Waals surface area contributed by atoms with Gasteiger partial charge in [-0.2, -0.15) is 0 Å². The summed E-state index contributed by atoms with van der Waals surface area (Å²) in [6.45, 7) is 7.66. The zero-order chi connectivity index (χ0) is 12.8. The molecule has 0 saturated carbocycles. The molecule has 0 spiro atoms. The molecule has 2 N–H and O–H groups in total. The van der Waals surface area contributed by atoms with E-state index in [1.165, 1.54) is 0 Å². The molecule has 0 saturated heterocycles. The maximum absolute atomic E-state index is 11.5. The average molecular weight is 232 g/mol. The van der Waals surface area contributed by atoms with Crippen LogP contribution in [0.5, 0.6) is 0 Å². The van der Waals surface area contributed by atoms with Gasteiger partial charge >= 0.3 is 11.8 Å². The fourth-order valence-electron chi connectivity index (χ4n) is 1.14. The summed E-state index contributed by atoms with van der Waals surface area (Å²) in [6.07, 6.45) is 0. The van der Waals surface area contributed by atoms with Crippen LogP contribution < -0.4 is 10.6 Å². The Morgan fingerprint density at radius 3 is 2.29 bits per heavy atom. The van der Waals surface area contributed by atoms with Crippen LogP contribution in [0.2, 0.25) is 0 Å². The summed E-state index contributed by atoms with van der Waals surface area (Å²) in [5.74, 6) is -1.33. The lowest BCUT2D eigenvalue weighted by Crippen LogP contribution is -2.36. The SMILES string of the molecule is C=C(C)CNC(=O)C(=O)Nc1ccc(C)cc1. The van der Waals surface area contributed by atoms with Crippen LogP contribution in [-0.4, -0.2) is 18.4 Å². The molecule has 0 aromatic heterocycles. The largest absolute Gasteiger partial charge is 0.344 e. The Balaban J connectivity index is 2.51. The van der Waals surface area contributed by atoms with Crippen molar-refractivity contribution < 1.29 is 9.59 Å². The van der Waals surface area contributed by atoms with Crippen molar-refractivity contribution in [3.63, 3.8) is 0 Å². The molecule has 1 aromatic carbocycles. The molecule has 17 heavy (non-hydrogen) atoms. The number of aryl methyl sites for hydroxylation is 1. The highest BCUT2D eigenvalue weighted by Gasteiger charge is 2.12. The number of hydrogen-bond acceptors (Lipinski definition) is 2. The van der Waals surface area contributed by atoms with Crippen LogP contribution in [0.25, 0.3) is 0 Å². The molecular weight excluding hydrogens is 216 g/mol. The van der Waals surface area contributed by atoms with Crippen molar-refractivity contribution in [3.8, 4) is 0 Å². The van der Waals surface area contributed by atoms with Gasteiger partial charge in [0.25, 0.3) is 0 Å². The van der Waals surface area contributed by atoms with Gasteiger partial charge in [-0.3, -0.25) is 9.59 Å².